The maximum absolute atomic E-state index is 13.0. The Hall–Kier alpha value is -4.23. The molecule has 0 atom stereocenters. The van der Waals surface area contributed by atoms with Crippen molar-refractivity contribution >= 4 is 33.5 Å². The minimum Gasteiger partial charge on any atom is -0.353 e. The summed E-state index contributed by atoms with van der Waals surface area (Å²) in [7, 11) is 0. The minimum atomic E-state index is -0.352. The summed E-state index contributed by atoms with van der Waals surface area (Å²) in [5.74, 6) is -0.368. The van der Waals surface area contributed by atoms with E-state index in [9.17, 15) is 14.9 Å². The van der Waals surface area contributed by atoms with Crippen molar-refractivity contribution in [2.24, 2.45) is 0 Å². The number of nitrogens with zero attached hydrogens (tertiary/aromatic N) is 1. The second-order valence-corrected chi connectivity index (χ2v) is 7.31. The van der Waals surface area contributed by atoms with Gasteiger partial charge in [0, 0.05) is 28.3 Å². The molecule has 0 saturated carbocycles. The van der Waals surface area contributed by atoms with Gasteiger partial charge in [-0.2, -0.15) is 5.26 Å². The third-order valence-corrected chi connectivity index (χ3v) is 5.34. The SMILES string of the molecule is C/C(C(=O)Cc1ccccc1)=c1/[nH]/c(=C(/C#N)C(=O)c2ccccc2)c2ccccc12. The first kappa shape index (κ1) is 20.1. The van der Waals surface area contributed by atoms with E-state index in [1.165, 1.54) is 0 Å². The van der Waals surface area contributed by atoms with Crippen LogP contribution in [0.5, 0.6) is 0 Å². The number of aromatic nitrogens is 1. The molecule has 0 aliphatic heterocycles. The number of nitriles is 1. The van der Waals surface area contributed by atoms with Crippen LogP contribution < -0.4 is 10.7 Å². The van der Waals surface area contributed by atoms with Crippen molar-refractivity contribution in [3.8, 4) is 6.07 Å². The van der Waals surface area contributed by atoms with E-state index >= 15 is 0 Å². The summed E-state index contributed by atoms with van der Waals surface area (Å²) in [5.41, 5.74) is 1.97. The number of aromatic amines is 1. The van der Waals surface area contributed by atoms with Crippen LogP contribution in [0.3, 0.4) is 0 Å². The molecule has 0 saturated heterocycles. The zero-order chi connectivity index (χ0) is 21.8. The summed E-state index contributed by atoms with van der Waals surface area (Å²) < 4.78 is 0. The first-order chi connectivity index (χ1) is 15.1. The topological polar surface area (TPSA) is 73.7 Å². The summed E-state index contributed by atoms with van der Waals surface area (Å²) in [6.07, 6.45) is 0.285. The van der Waals surface area contributed by atoms with E-state index in [-0.39, 0.29) is 23.6 Å². The first-order valence-electron chi connectivity index (χ1n) is 9.99. The molecule has 4 aromatic rings. The van der Waals surface area contributed by atoms with Crippen molar-refractivity contribution in [3.63, 3.8) is 0 Å². The van der Waals surface area contributed by atoms with Gasteiger partial charge >= 0.3 is 0 Å². The summed E-state index contributed by atoms with van der Waals surface area (Å²) in [6.45, 7) is 1.78. The first-order valence-corrected chi connectivity index (χ1v) is 9.99. The smallest absolute Gasteiger partial charge is 0.205 e. The second-order valence-electron chi connectivity index (χ2n) is 7.31. The normalized spacial score (nSPS) is 12.8. The Kier molecular flexibility index (Phi) is 5.59. The van der Waals surface area contributed by atoms with E-state index in [1.807, 2.05) is 60.7 Å². The van der Waals surface area contributed by atoms with Gasteiger partial charge in [0.2, 0.25) is 5.78 Å². The minimum absolute atomic E-state index is 0.0161. The Balaban J connectivity index is 1.93. The average Bonchev–Trinajstić information content (AvgIpc) is 3.19. The molecule has 4 nitrogen and oxygen atoms in total. The Morgan fingerprint density at radius 3 is 1.97 bits per heavy atom. The lowest BCUT2D eigenvalue weighted by Gasteiger charge is -2.01. The van der Waals surface area contributed by atoms with E-state index in [2.05, 4.69) is 11.1 Å². The molecule has 31 heavy (non-hydrogen) atoms. The maximum Gasteiger partial charge on any atom is 0.205 e. The van der Waals surface area contributed by atoms with Crippen LogP contribution >= 0.6 is 0 Å². The van der Waals surface area contributed by atoms with Crippen LogP contribution in [0.15, 0.2) is 84.9 Å². The summed E-state index contributed by atoms with van der Waals surface area (Å²) >= 11 is 0. The van der Waals surface area contributed by atoms with Gasteiger partial charge in [0.25, 0.3) is 0 Å². The van der Waals surface area contributed by atoms with Crippen molar-refractivity contribution < 1.29 is 9.59 Å². The summed E-state index contributed by atoms with van der Waals surface area (Å²) in [4.78, 5) is 29.2. The summed E-state index contributed by atoms with van der Waals surface area (Å²) in [6, 6.07) is 27.8. The standard InChI is InChI=1S/C27H20N2O2/c1-18(24(30)16-19-10-4-2-5-11-19)25-21-14-8-9-15-22(21)26(29-25)23(17-28)27(31)20-12-6-3-7-13-20/h2-15,29H,16H2,1H3/b25-18-,26-23-. The number of nitrogens with one attached hydrogen (secondary N) is 1. The molecule has 0 bridgehead atoms. The Labute approximate surface area is 179 Å². The molecule has 0 fully saturated rings. The highest BCUT2D eigenvalue weighted by Gasteiger charge is 2.17. The van der Waals surface area contributed by atoms with Crippen LogP contribution in [0, 0.1) is 11.3 Å². The number of Topliss-reactive ketones (excluding diaryl/α,β-unsaturated/α-hetero) is 2. The fourth-order valence-corrected chi connectivity index (χ4v) is 3.68. The van der Waals surface area contributed by atoms with Crippen LogP contribution in [0.4, 0.5) is 0 Å². The monoisotopic (exact) mass is 404 g/mol. The van der Waals surface area contributed by atoms with Gasteiger partial charge in [0.1, 0.15) is 11.6 Å². The van der Waals surface area contributed by atoms with E-state index in [1.54, 1.807) is 31.2 Å². The predicted molar refractivity (Wildman–Crippen MR) is 122 cm³/mol. The van der Waals surface area contributed by atoms with Crippen LogP contribution in [-0.4, -0.2) is 16.6 Å². The van der Waals surface area contributed by atoms with Gasteiger partial charge in [-0.05, 0) is 12.5 Å². The maximum atomic E-state index is 13.0. The fraction of sp³-hybridized carbons (Fsp3) is 0.0741. The lowest BCUT2D eigenvalue weighted by Crippen LogP contribution is -2.21. The molecule has 0 spiro atoms. The average molecular weight is 404 g/mol. The van der Waals surface area contributed by atoms with Gasteiger partial charge in [0.05, 0.1) is 10.7 Å². The molecule has 1 aromatic heterocycles. The van der Waals surface area contributed by atoms with Crippen molar-refractivity contribution in [2.45, 2.75) is 13.3 Å². The lowest BCUT2D eigenvalue weighted by molar-refractivity contribution is -0.113. The Morgan fingerprint density at radius 2 is 1.35 bits per heavy atom. The number of H-pyrrole nitrogens is 1. The Bertz CT molecular complexity index is 1440. The zero-order valence-electron chi connectivity index (χ0n) is 17.1. The number of rotatable bonds is 5. The fourth-order valence-electron chi connectivity index (χ4n) is 3.68. The second kappa shape index (κ2) is 8.64. The van der Waals surface area contributed by atoms with Gasteiger partial charge in [-0.1, -0.05) is 84.9 Å². The molecule has 150 valence electrons. The lowest BCUT2D eigenvalue weighted by atomic mass is 10.0. The van der Waals surface area contributed by atoms with Crippen LogP contribution in [-0.2, 0) is 11.2 Å². The molecule has 3 aromatic carbocycles. The van der Waals surface area contributed by atoms with E-state index in [0.717, 1.165) is 16.3 Å². The third-order valence-electron chi connectivity index (χ3n) is 5.34. The molecule has 0 unspecified atom stereocenters. The molecule has 0 amide bonds. The largest absolute Gasteiger partial charge is 0.353 e. The molecule has 0 aliphatic carbocycles. The van der Waals surface area contributed by atoms with Crippen LogP contribution in [0.25, 0.3) is 21.9 Å². The van der Waals surface area contributed by atoms with Gasteiger partial charge in [0.15, 0.2) is 5.78 Å². The number of ketones is 2. The van der Waals surface area contributed by atoms with Crippen molar-refractivity contribution in [2.75, 3.05) is 0 Å². The third kappa shape index (κ3) is 3.94. The van der Waals surface area contributed by atoms with Crippen molar-refractivity contribution in [3.05, 3.63) is 107 Å². The van der Waals surface area contributed by atoms with E-state index in [0.29, 0.717) is 21.8 Å². The van der Waals surface area contributed by atoms with Crippen LogP contribution in [0.1, 0.15) is 22.8 Å². The number of hydrogen-bond acceptors (Lipinski definition) is 3. The molecular weight excluding hydrogens is 384 g/mol. The van der Waals surface area contributed by atoms with E-state index in [4.69, 9.17) is 0 Å². The van der Waals surface area contributed by atoms with Crippen LogP contribution in [0.2, 0.25) is 0 Å². The highest BCUT2D eigenvalue weighted by Crippen LogP contribution is 2.12. The molecule has 4 heteroatoms. The zero-order valence-corrected chi connectivity index (χ0v) is 17.1. The number of carbonyl (C=O) groups is 2. The van der Waals surface area contributed by atoms with Gasteiger partial charge < -0.3 is 4.98 Å². The highest BCUT2D eigenvalue weighted by atomic mass is 16.1. The molecule has 1 N–H and O–H groups in total. The van der Waals surface area contributed by atoms with Gasteiger partial charge in [-0.25, -0.2) is 0 Å². The molecule has 0 aliphatic rings. The molecule has 1 heterocycles. The van der Waals surface area contributed by atoms with Crippen molar-refractivity contribution in [1.82, 2.24) is 4.98 Å². The Morgan fingerprint density at radius 1 is 0.806 bits per heavy atom. The molecule has 0 radical (unpaired) electrons. The van der Waals surface area contributed by atoms with Gasteiger partial charge in [-0.15, -0.1) is 0 Å². The number of benzene rings is 3. The summed E-state index contributed by atoms with van der Waals surface area (Å²) in [5, 5.41) is 12.4. The predicted octanol–water partition coefficient (Wildman–Crippen LogP) is 3.71. The van der Waals surface area contributed by atoms with E-state index < -0.39 is 0 Å². The number of carbonyl (C=O) groups excluding carboxylic acids is 2. The number of hydrogen-bond donors (Lipinski definition) is 1. The highest BCUT2D eigenvalue weighted by molar-refractivity contribution is 6.29. The molecule has 4 rings (SSSR count). The van der Waals surface area contributed by atoms with Gasteiger partial charge in [-0.3, -0.25) is 9.59 Å². The molecular formula is C27H20N2O2. The quantitative estimate of drug-likeness (QED) is 0.516. The number of fused-ring (bicyclic) bond motifs is 1. The van der Waals surface area contributed by atoms with Crippen molar-refractivity contribution in [1.29, 1.82) is 5.26 Å².